The number of hydrogen-bond donors (Lipinski definition) is 2. The van der Waals surface area contributed by atoms with Crippen molar-refractivity contribution in [2.75, 3.05) is 18.6 Å². The van der Waals surface area contributed by atoms with Crippen LogP contribution in [-0.4, -0.2) is 35.5 Å². The van der Waals surface area contributed by atoms with Crippen molar-refractivity contribution in [3.8, 4) is 0 Å². The summed E-state index contributed by atoms with van der Waals surface area (Å²) in [4.78, 5) is 22.0. The molecule has 1 fully saturated rings. The van der Waals surface area contributed by atoms with E-state index < -0.39 is 11.9 Å². The van der Waals surface area contributed by atoms with Crippen molar-refractivity contribution in [1.29, 1.82) is 0 Å². The Labute approximate surface area is 107 Å². The molecule has 2 N–H and O–H groups in total. The third-order valence-corrected chi connectivity index (χ3v) is 3.72. The second-order valence-electron chi connectivity index (χ2n) is 4.48. The maximum absolute atomic E-state index is 11.5. The molecule has 1 rings (SSSR count). The van der Waals surface area contributed by atoms with Gasteiger partial charge in [0.15, 0.2) is 0 Å². The van der Waals surface area contributed by atoms with Crippen LogP contribution in [0.5, 0.6) is 0 Å². The molecule has 0 aromatic heterocycles. The molecule has 17 heavy (non-hydrogen) atoms. The molecule has 1 aliphatic carbocycles. The zero-order valence-corrected chi connectivity index (χ0v) is 11.1. The number of amides is 1. The first-order valence-electron chi connectivity index (χ1n) is 6.16. The molecular weight excluding hydrogens is 238 g/mol. The van der Waals surface area contributed by atoms with Gasteiger partial charge >= 0.3 is 5.97 Å². The van der Waals surface area contributed by atoms with Gasteiger partial charge in [0.05, 0.1) is 11.8 Å². The van der Waals surface area contributed by atoms with Crippen LogP contribution in [0.15, 0.2) is 0 Å². The SMILES string of the molecule is CSCCCCCCNC(=O)[C@@H]1C[C@@H]1C(=O)O. The van der Waals surface area contributed by atoms with Crippen molar-refractivity contribution in [1.82, 2.24) is 5.32 Å². The zero-order chi connectivity index (χ0) is 12.7. The van der Waals surface area contributed by atoms with Crippen molar-refractivity contribution in [2.45, 2.75) is 32.1 Å². The molecule has 0 spiro atoms. The van der Waals surface area contributed by atoms with Crippen molar-refractivity contribution < 1.29 is 14.7 Å². The first kappa shape index (κ1) is 14.4. The molecular formula is C12H21NO3S. The highest BCUT2D eigenvalue weighted by Crippen LogP contribution is 2.38. The lowest BCUT2D eigenvalue weighted by molar-refractivity contribution is -0.140. The molecule has 0 bridgehead atoms. The second-order valence-corrected chi connectivity index (χ2v) is 5.47. The minimum atomic E-state index is -0.845. The van der Waals surface area contributed by atoms with Crippen LogP contribution >= 0.6 is 11.8 Å². The molecule has 0 radical (unpaired) electrons. The van der Waals surface area contributed by atoms with Gasteiger partial charge in [0.2, 0.25) is 5.91 Å². The Morgan fingerprint density at radius 2 is 1.94 bits per heavy atom. The molecule has 4 nitrogen and oxygen atoms in total. The summed E-state index contributed by atoms with van der Waals surface area (Å²) in [6.07, 6.45) is 7.18. The number of nitrogens with one attached hydrogen (secondary N) is 1. The van der Waals surface area contributed by atoms with E-state index in [0.717, 1.165) is 12.8 Å². The van der Waals surface area contributed by atoms with E-state index in [9.17, 15) is 9.59 Å². The van der Waals surface area contributed by atoms with Gasteiger partial charge < -0.3 is 10.4 Å². The zero-order valence-electron chi connectivity index (χ0n) is 10.3. The van der Waals surface area contributed by atoms with Crippen molar-refractivity contribution >= 4 is 23.6 Å². The number of carboxylic acid groups (broad SMARTS) is 1. The quantitative estimate of drug-likeness (QED) is 0.619. The fourth-order valence-electron chi connectivity index (χ4n) is 1.83. The Kier molecular flexibility index (Phi) is 6.40. The third kappa shape index (κ3) is 5.44. The first-order valence-corrected chi connectivity index (χ1v) is 7.55. The Balaban J connectivity index is 1.93. The first-order chi connectivity index (χ1) is 8.16. The highest BCUT2D eigenvalue weighted by atomic mass is 32.2. The Bertz CT molecular complexity index is 270. The topological polar surface area (TPSA) is 66.4 Å². The summed E-state index contributed by atoms with van der Waals surface area (Å²) >= 11 is 1.86. The van der Waals surface area contributed by atoms with Crippen LogP contribution in [0.3, 0.4) is 0 Å². The van der Waals surface area contributed by atoms with Gasteiger partial charge in [0.25, 0.3) is 0 Å². The molecule has 0 unspecified atom stereocenters. The van der Waals surface area contributed by atoms with E-state index in [0.29, 0.717) is 13.0 Å². The number of hydrogen-bond acceptors (Lipinski definition) is 3. The second kappa shape index (κ2) is 7.58. The van der Waals surface area contributed by atoms with E-state index in [1.807, 2.05) is 11.8 Å². The van der Waals surface area contributed by atoms with Crippen LogP contribution in [0, 0.1) is 11.8 Å². The molecule has 1 saturated carbocycles. The standard InChI is InChI=1S/C12H21NO3S/c1-17-7-5-3-2-4-6-13-11(14)9-8-10(9)12(15)16/h9-10H,2-8H2,1H3,(H,13,14)(H,15,16)/t9-,10+/m1/s1. The number of carboxylic acids is 1. The van der Waals surface area contributed by atoms with Crippen LogP contribution in [-0.2, 0) is 9.59 Å². The van der Waals surface area contributed by atoms with Gasteiger partial charge in [0, 0.05) is 6.54 Å². The van der Waals surface area contributed by atoms with Gasteiger partial charge in [0.1, 0.15) is 0 Å². The maximum atomic E-state index is 11.5. The molecule has 0 aliphatic heterocycles. The largest absolute Gasteiger partial charge is 0.481 e. The summed E-state index contributed by atoms with van der Waals surface area (Å²) in [5, 5.41) is 11.5. The van der Waals surface area contributed by atoms with Gasteiger partial charge in [-0.3, -0.25) is 9.59 Å². The van der Waals surface area contributed by atoms with Crippen molar-refractivity contribution in [2.24, 2.45) is 11.8 Å². The summed E-state index contributed by atoms with van der Waals surface area (Å²) in [6, 6.07) is 0. The average molecular weight is 259 g/mol. The molecule has 0 aromatic carbocycles. The normalized spacial score (nSPS) is 22.2. The lowest BCUT2D eigenvalue weighted by atomic mass is 10.2. The summed E-state index contributed by atoms with van der Waals surface area (Å²) < 4.78 is 0. The summed E-state index contributed by atoms with van der Waals surface area (Å²) in [6.45, 7) is 0.681. The minimum absolute atomic E-state index is 0.0819. The number of carbonyl (C=O) groups is 2. The number of carbonyl (C=O) groups excluding carboxylic acids is 1. The van der Waals surface area contributed by atoms with E-state index in [-0.39, 0.29) is 11.8 Å². The van der Waals surface area contributed by atoms with Gasteiger partial charge in [-0.25, -0.2) is 0 Å². The molecule has 5 heteroatoms. The highest BCUT2D eigenvalue weighted by molar-refractivity contribution is 7.98. The molecule has 0 heterocycles. The molecule has 2 atom stereocenters. The fraction of sp³-hybridized carbons (Fsp3) is 0.833. The Hall–Kier alpha value is -0.710. The van der Waals surface area contributed by atoms with Gasteiger partial charge in [-0.2, -0.15) is 11.8 Å². The van der Waals surface area contributed by atoms with Gasteiger partial charge in [-0.1, -0.05) is 12.8 Å². The minimum Gasteiger partial charge on any atom is -0.481 e. The molecule has 1 aliphatic rings. The molecule has 0 saturated heterocycles. The van der Waals surface area contributed by atoms with E-state index in [1.165, 1.54) is 18.6 Å². The summed E-state index contributed by atoms with van der Waals surface area (Å²) in [5.41, 5.74) is 0. The van der Waals surface area contributed by atoms with Crippen molar-refractivity contribution in [3.63, 3.8) is 0 Å². The molecule has 0 aromatic rings. The Morgan fingerprint density at radius 1 is 1.24 bits per heavy atom. The molecule has 1 amide bonds. The number of thioether (sulfide) groups is 1. The maximum Gasteiger partial charge on any atom is 0.307 e. The van der Waals surface area contributed by atoms with Crippen LogP contribution in [0.4, 0.5) is 0 Å². The van der Waals surface area contributed by atoms with E-state index in [2.05, 4.69) is 11.6 Å². The fourth-order valence-corrected chi connectivity index (χ4v) is 2.32. The van der Waals surface area contributed by atoms with E-state index in [4.69, 9.17) is 5.11 Å². The van der Waals surface area contributed by atoms with E-state index in [1.54, 1.807) is 0 Å². The number of unbranched alkanes of at least 4 members (excludes halogenated alkanes) is 3. The van der Waals surface area contributed by atoms with Crippen molar-refractivity contribution in [3.05, 3.63) is 0 Å². The lowest BCUT2D eigenvalue weighted by Crippen LogP contribution is -2.27. The van der Waals surface area contributed by atoms with Crippen LogP contribution < -0.4 is 5.32 Å². The highest BCUT2D eigenvalue weighted by Gasteiger charge is 2.48. The van der Waals surface area contributed by atoms with Crippen LogP contribution in [0.1, 0.15) is 32.1 Å². The van der Waals surface area contributed by atoms with Gasteiger partial charge in [-0.05, 0) is 31.3 Å². The van der Waals surface area contributed by atoms with E-state index >= 15 is 0 Å². The van der Waals surface area contributed by atoms with Gasteiger partial charge in [-0.15, -0.1) is 0 Å². The lowest BCUT2D eigenvalue weighted by Gasteiger charge is -2.04. The monoisotopic (exact) mass is 259 g/mol. The van der Waals surface area contributed by atoms with Crippen LogP contribution in [0.25, 0.3) is 0 Å². The summed E-state index contributed by atoms with van der Waals surface area (Å²) in [7, 11) is 0. The predicted molar refractivity (Wildman–Crippen MR) is 69.1 cm³/mol. The van der Waals surface area contributed by atoms with Crippen LogP contribution in [0.2, 0.25) is 0 Å². The third-order valence-electron chi connectivity index (χ3n) is 3.02. The number of aliphatic carboxylic acids is 1. The smallest absolute Gasteiger partial charge is 0.307 e. The average Bonchev–Trinajstić information content (AvgIpc) is 3.07. The summed E-state index contributed by atoms with van der Waals surface area (Å²) in [5.74, 6) is -0.432. The Morgan fingerprint density at radius 3 is 2.53 bits per heavy atom. The number of rotatable bonds is 9. The molecule has 98 valence electrons. The predicted octanol–water partition coefficient (Wildman–Crippen LogP) is 1.75.